The molecule has 2 rings (SSSR count). The zero-order valence-electron chi connectivity index (χ0n) is 13.7. The van der Waals surface area contributed by atoms with E-state index in [9.17, 15) is 14.9 Å². The molecule has 0 aliphatic carbocycles. The SMILES string of the molecule is Cc1cccc(NCC(=O)NN=CC=Cc2ccc([N+](=O)[O-])cc2)c1. The normalized spacial score (nSPS) is 10.9. The molecule has 0 fully saturated rings. The van der Waals surface area contributed by atoms with Crippen LogP contribution < -0.4 is 10.7 Å². The van der Waals surface area contributed by atoms with Gasteiger partial charge in [-0.3, -0.25) is 14.9 Å². The minimum Gasteiger partial charge on any atom is -0.376 e. The number of aryl methyl sites for hydroxylation is 1. The highest BCUT2D eigenvalue weighted by Gasteiger charge is 2.02. The quantitative estimate of drug-likeness (QED) is 0.460. The zero-order valence-corrected chi connectivity index (χ0v) is 13.7. The van der Waals surface area contributed by atoms with Crippen molar-refractivity contribution in [2.24, 2.45) is 5.10 Å². The maximum atomic E-state index is 11.7. The largest absolute Gasteiger partial charge is 0.376 e. The van der Waals surface area contributed by atoms with E-state index in [1.54, 1.807) is 24.3 Å². The summed E-state index contributed by atoms with van der Waals surface area (Å²) in [6, 6.07) is 13.8. The average molecular weight is 338 g/mol. The van der Waals surface area contributed by atoms with Crippen LogP contribution in [0.2, 0.25) is 0 Å². The molecule has 1 amide bonds. The lowest BCUT2D eigenvalue weighted by molar-refractivity contribution is -0.384. The van der Waals surface area contributed by atoms with Crippen molar-refractivity contribution in [3.05, 3.63) is 75.8 Å². The van der Waals surface area contributed by atoms with Crippen molar-refractivity contribution in [1.29, 1.82) is 0 Å². The van der Waals surface area contributed by atoms with Gasteiger partial charge >= 0.3 is 0 Å². The highest BCUT2D eigenvalue weighted by molar-refractivity contribution is 5.83. The molecule has 7 nitrogen and oxygen atoms in total. The van der Waals surface area contributed by atoms with Crippen LogP contribution in [-0.2, 0) is 4.79 Å². The predicted molar refractivity (Wildman–Crippen MR) is 98.4 cm³/mol. The topological polar surface area (TPSA) is 96.6 Å². The summed E-state index contributed by atoms with van der Waals surface area (Å²) in [6.07, 6.45) is 4.80. The van der Waals surface area contributed by atoms with Crippen molar-refractivity contribution in [2.45, 2.75) is 6.92 Å². The Labute approximate surface area is 145 Å². The lowest BCUT2D eigenvalue weighted by Gasteiger charge is -2.05. The van der Waals surface area contributed by atoms with Gasteiger partial charge in [-0.15, -0.1) is 0 Å². The molecule has 0 aromatic heterocycles. The van der Waals surface area contributed by atoms with E-state index in [2.05, 4.69) is 15.8 Å². The molecule has 0 bridgehead atoms. The standard InChI is InChI=1S/C18H18N4O3/c1-14-4-2-6-16(12-14)19-13-18(23)21-20-11-3-5-15-7-9-17(10-8-15)22(24)25/h2-12,19H,13H2,1H3,(H,21,23). The van der Waals surface area contributed by atoms with Gasteiger partial charge in [0.05, 0.1) is 11.5 Å². The van der Waals surface area contributed by atoms with Gasteiger partial charge in [0.1, 0.15) is 0 Å². The third-order valence-corrected chi connectivity index (χ3v) is 3.21. The van der Waals surface area contributed by atoms with Crippen LogP contribution in [0.5, 0.6) is 0 Å². The molecule has 0 saturated heterocycles. The molecule has 0 heterocycles. The molecular weight excluding hydrogens is 320 g/mol. The smallest absolute Gasteiger partial charge is 0.269 e. The van der Waals surface area contributed by atoms with Crippen LogP contribution in [-0.4, -0.2) is 23.6 Å². The van der Waals surface area contributed by atoms with E-state index < -0.39 is 4.92 Å². The van der Waals surface area contributed by atoms with Crippen LogP contribution in [0.3, 0.4) is 0 Å². The zero-order chi connectivity index (χ0) is 18.1. The van der Waals surface area contributed by atoms with Gasteiger partial charge in [0, 0.05) is 24.0 Å². The Balaban J connectivity index is 1.74. The first-order valence-corrected chi connectivity index (χ1v) is 7.58. The second-order valence-electron chi connectivity index (χ2n) is 5.24. The predicted octanol–water partition coefficient (Wildman–Crippen LogP) is 3.13. The Kier molecular flexibility index (Phi) is 6.41. The Morgan fingerprint density at radius 1 is 1.24 bits per heavy atom. The summed E-state index contributed by atoms with van der Waals surface area (Å²) in [7, 11) is 0. The van der Waals surface area contributed by atoms with E-state index in [0.717, 1.165) is 16.8 Å². The number of benzene rings is 2. The lowest BCUT2D eigenvalue weighted by atomic mass is 10.2. The number of hydrogen-bond donors (Lipinski definition) is 2. The molecule has 7 heteroatoms. The summed E-state index contributed by atoms with van der Waals surface area (Å²) in [5.74, 6) is -0.263. The number of non-ortho nitro benzene ring substituents is 1. The van der Waals surface area contributed by atoms with Crippen molar-refractivity contribution in [2.75, 3.05) is 11.9 Å². The minimum absolute atomic E-state index is 0.0409. The molecule has 0 radical (unpaired) electrons. The van der Waals surface area contributed by atoms with Crippen molar-refractivity contribution >= 4 is 29.6 Å². The first-order valence-electron chi connectivity index (χ1n) is 7.58. The molecule has 0 unspecified atom stereocenters. The fraction of sp³-hybridized carbons (Fsp3) is 0.111. The first kappa shape index (κ1) is 17.9. The molecule has 0 saturated carbocycles. The van der Waals surface area contributed by atoms with E-state index in [0.29, 0.717) is 0 Å². The highest BCUT2D eigenvalue weighted by atomic mass is 16.6. The summed E-state index contributed by atoms with van der Waals surface area (Å²) in [4.78, 5) is 21.8. The molecular formula is C18H18N4O3. The Bertz CT molecular complexity index is 798. The van der Waals surface area contributed by atoms with E-state index in [1.807, 2.05) is 31.2 Å². The Morgan fingerprint density at radius 2 is 2.00 bits per heavy atom. The van der Waals surface area contributed by atoms with Gasteiger partial charge in [-0.05, 0) is 48.4 Å². The van der Waals surface area contributed by atoms with Crippen molar-refractivity contribution in [3.8, 4) is 0 Å². The highest BCUT2D eigenvalue weighted by Crippen LogP contribution is 2.12. The van der Waals surface area contributed by atoms with Gasteiger partial charge in [0.15, 0.2) is 0 Å². The molecule has 0 atom stereocenters. The molecule has 128 valence electrons. The Hall–Kier alpha value is -3.48. The van der Waals surface area contributed by atoms with E-state index >= 15 is 0 Å². The van der Waals surface area contributed by atoms with Crippen LogP contribution in [0.25, 0.3) is 6.08 Å². The average Bonchev–Trinajstić information content (AvgIpc) is 2.60. The summed E-state index contributed by atoms with van der Waals surface area (Å²) in [5.41, 5.74) is 5.23. The number of carbonyl (C=O) groups is 1. The number of anilines is 1. The summed E-state index contributed by atoms with van der Waals surface area (Å²) in [5, 5.41) is 17.4. The number of nitrogens with one attached hydrogen (secondary N) is 2. The third-order valence-electron chi connectivity index (χ3n) is 3.21. The first-order chi connectivity index (χ1) is 12.0. The Morgan fingerprint density at radius 3 is 2.68 bits per heavy atom. The van der Waals surface area contributed by atoms with Crippen LogP contribution in [0.1, 0.15) is 11.1 Å². The number of hydrazone groups is 1. The van der Waals surface area contributed by atoms with Gasteiger partial charge in [-0.1, -0.05) is 18.2 Å². The maximum absolute atomic E-state index is 11.7. The minimum atomic E-state index is -0.449. The number of rotatable bonds is 7. The van der Waals surface area contributed by atoms with Crippen molar-refractivity contribution < 1.29 is 9.72 Å². The summed E-state index contributed by atoms with van der Waals surface area (Å²) >= 11 is 0. The van der Waals surface area contributed by atoms with Gasteiger partial charge in [0.2, 0.25) is 0 Å². The van der Waals surface area contributed by atoms with Crippen LogP contribution in [0, 0.1) is 17.0 Å². The second-order valence-corrected chi connectivity index (χ2v) is 5.24. The van der Waals surface area contributed by atoms with Crippen molar-refractivity contribution in [1.82, 2.24) is 5.43 Å². The second kappa shape index (κ2) is 8.97. The van der Waals surface area contributed by atoms with Crippen molar-refractivity contribution in [3.63, 3.8) is 0 Å². The van der Waals surface area contributed by atoms with E-state index in [-0.39, 0.29) is 18.1 Å². The molecule has 0 spiro atoms. The van der Waals surface area contributed by atoms with Crippen LogP contribution in [0.15, 0.2) is 59.7 Å². The molecule has 2 N–H and O–H groups in total. The number of carbonyl (C=O) groups excluding carboxylic acids is 1. The number of nitrogens with zero attached hydrogens (tertiary/aromatic N) is 2. The molecule has 0 aliphatic heterocycles. The fourth-order valence-corrected chi connectivity index (χ4v) is 1.99. The van der Waals surface area contributed by atoms with E-state index in [1.165, 1.54) is 18.3 Å². The number of nitro groups is 1. The number of nitro benzene ring substituents is 1. The van der Waals surface area contributed by atoms with Gasteiger partial charge in [-0.2, -0.15) is 5.10 Å². The van der Waals surface area contributed by atoms with Crippen LogP contribution in [0.4, 0.5) is 11.4 Å². The molecule has 2 aromatic carbocycles. The third kappa shape index (κ3) is 6.26. The van der Waals surface area contributed by atoms with E-state index in [4.69, 9.17) is 0 Å². The van der Waals surface area contributed by atoms with Gasteiger partial charge in [0.25, 0.3) is 11.6 Å². The molecule has 0 aliphatic rings. The van der Waals surface area contributed by atoms with Gasteiger partial charge < -0.3 is 5.32 Å². The monoisotopic (exact) mass is 338 g/mol. The number of amides is 1. The summed E-state index contributed by atoms with van der Waals surface area (Å²) in [6.45, 7) is 2.10. The molecule has 25 heavy (non-hydrogen) atoms. The maximum Gasteiger partial charge on any atom is 0.269 e. The fourth-order valence-electron chi connectivity index (χ4n) is 1.99. The number of hydrogen-bond acceptors (Lipinski definition) is 5. The molecule has 2 aromatic rings. The lowest BCUT2D eigenvalue weighted by Crippen LogP contribution is -2.25. The van der Waals surface area contributed by atoms with Gasteiger partial charge in [-0.25, -0.2) is 5.43 Å². The van der Waals surface area contributed by atoms with Crippen LogP contribution >= 0.6 is 0 Å². The summed E-state index contributed by atoms with van der Waals surface area (Å²) < 4.78 is 0. The number of allylic oxidation sites excluding steroid dienone is 1.